The molecule has 0 saturated heterocycles. The third-order valence-corrected chi connectivity index (χ3v) is 10.5. The lowest BCUT2D eigenvalue weighted by Crippen LogP contribution is -2.22. The average molecular weight is 568 g/mol. The van der Waals surface area contributed by atoms with E-state index in [-0.39, 0.29) is 5.41 Å². The van der Waals surface area contributed by atoms with Crippen LogP contribution >= 0.6 is 0 Å². The second-order valence-corrected chi connectivity index (χ2v) is 12.5. The molecule has 0 saturated carbocycles. The quantitative estimate of drug-likeness (QED) is 0.205. The van der Waals surface area contributed by atoms with Gasteiger partial charge in [0.1, 0.15) is 0 Å². The van der Waals surface area contributed by atoms with Gasteiger partial charge in [-0.2, -0.15) is 0 Å². The number of allylic oxidation sites excluding steroid dienone is 1. The van der Waals surface area contributed by atoms with Gasteiger partial charge in [0.25, 0.3) is 0 Å². The molecule has 0 atom stereocenters. The number of fused-ring (bicyclic) bond motifs is 8. The van der Waals surface area contributed by atoms with Crippen molar-refractivity contribution < 1.29 is 0 Å². The fourth-order valence-electron chi connectivity index (χ4n) is 7.84. The minimum Gasteiger partial charge on any atom is -0.336 e. The van der Waals surface area contributed by atoms with E-state index in [4.69, 9.17) is 6.58 Å². The van der Waals surface area contributed by atoms with E-state index in [1.807, 2.05) is 0 Å². The van der Waals surface area contributed by atoms with Crippen molar-refractivity contribution in [2.75, 3.05) is 4.90 Å². The van der Waals surface area contributed by atoms with Gasteiger partial charge in [-0.15, -0.1) is 0 Å². The molecule has 0 N–H and O–H groups in total. The van der Waals surface area contributed by atoms with Gasteiger partial charge in [-0.3, -0.25) is 0 Å². The molecule has 1 heterocycles. The molecule has 6 aromatic carbocycles. The Morgan fingerprint density at radius 2 is 1.32 bits per heavy atom. The second kappa shape index (κ2) is 10.4. The van der Waals surface area contributed by atoms with Gasteiger partial charge >= 0.3 is 0 Å². The van der Waals surface area contributed by atoms with Crippen molar-refractivity contribution in [2.24, 2.45) is 5.41 Å². The van der Waals surface area contributed by atoms with Crippen LogP contribution in [0.4, 0.5) is 11.4 Å². The summed E-state index contributed by atoms with van der Waals surface area (Å²) in [5.41, 5.74) is 15.7. The van der Waals surface area contributed by atoms with Crippen LogP contribution in [0, 0.1) is 5.41 Å². The minimum atomic E-state index is 0.0645. The highest BCUT2D eigenvalue weighted by Crippen LogP contribution is 2.52. The topological polar surface area (TPSA) is 3.24 Å². The summed E-state index contributed by atoms with van der Waals surface area (Å²) in [7, 11) is 0. The maximum Gasteiger partial charge on any atom is 0.0493 e. The van der Waals surface area contributed by atoms with Gasteiger partial charge in [-0.25, -0.2) is 0 Å². The summed E-state index contributed by atoms with van der Waals surface area (Å²) < 4.78 is 0. The largest absolute Gasteiger partial charge is 0.336 e. The third-order valence-electron chi connectivity index (χ3n) is 10.5. The number of hydrogen-bond acceptors (Lipinski definition) is 1. The van der Waals surface area contributed by atoms with E-state index in [1.54, 1.807) is 0 Å². The highest BCUT2D eigenvalue weighted by molar-refractivity contribution is 6.03. The van der Waals surface area contributed by atoms with Crippen LogP contribution in [-0.4, -0.2) is 0 Å². The average Bonchev–Trinajstić information content (AvgIpc) is 3.20. The summed E-state index contributed by atoms with van der Waals surface area (Å²) in [5.74, 6) is 0. The molecule has 6 aromatic rings. The summed E-state index contributed by atoms with van der Waals surface area (Å²) >= 11 is 0. The van der Waals surface area contributed by atoms with Crippen LogP contribution in [0.5, 0.6) is 0 Å². The van der Waals surface area contributed by atoms with Crippen molar-refractivity contribution in [1.29, 1.82) is 0 Å². The molecule has 0 aromatic heterocycles. The predicted octanol–water partition coefficient (Wildman–Crippen LogP) is 11.9. The second-order valence-electron chi connectivity index (χ2n) is 12.5. The fraction of sp³-hybridized carbons (Fsp3) is 0.163. The minimum absolute atomic E-state index is 0.0645. The molecule has 0 radical (unpaired) electrons. The Balaban J connectivity index is 1.24. The Morgan fingerprint density at radius 1 is 0.614 bits per heavy atom. The fourth-order valence-corrected chi connectivity index (χ4v) is 7.84. The van der Waals surface area contributed by atoms with Crippen molar-refractivity contribution in [1.82, 2.24) is 0 Å². The van der Waals surface area contributed by atoms with E-state index in [9.17, 15) is 0 Å². The normalized spacial score (nSPS) is 14.8. The first-order valence-corrected chi connectivity index (χ1v) is 16.0. The molecule has 0 bridgehead atoms. The molecule has 0 unspecified atom stereocenters. The number of nitrogens with zero attached hydrogens (tertiary/aromatic N) is 1. The lowest BCUT2D eigenvalue weighted by atomic mass is 9.70. The molecule has 1 aliphatic heterocycles. The molecule has 0 fully saturated rings. The summed E-state index contributed by atoms with van der Waals surface area (Å²) in [6, 6.07) is 47.3. The van der Waals surface area contributed by atoms with Gasteiger partial charge in [0.2, 0.25) is 0 Å². The Morgan fingerprint density at radius 3 is 2.14 bits per heavy atom. The standard InChI is InChI=1S/C43H37N/c1-4-43(5-2)27-33-19-18-31-12-6-9-15-38(31)42(33)40-26-32(22-25-36(40)29(43)3)30-20-23-35(24-21-30)44-28-34-13-7-8-14-37(34)39-16-10-11-17-41(39)44/h6-26H,3-5,27-28H2,1-2H3. The summed E-state index contributed by atoms with van der Waals surface area (Å²) in [4.78, 5) is 2.44. The van der Waals surface area contributed by atoms with Gasteiger partial charge in [0.15, 0.2) is 0 Å². The lowest BCUT2D eigenvalue weighted by Gasteiger charge is -2.33. The smallest absolute Gasteiger partial charge is 0.0493 e. The molecule has 1 heteroatoms. The zero-order valence-electron chi connectivity index (χ0n) is 25.6. The Bertz CT molecular complexity index is 2060. The van der Waals surface area contributed by atoms with Crippen molar-refractivity contribution in [2.45, 2.75) is 39.7 Å². The molecule has 214 valence electrons. The Labute approximate surface area is 261 Å². The number of anilines is 2. The van der Waals surface area contributed by atoms with Gasteiger partial charge < -0.3 is 4.90 Å². The van der Waals surface area contributed by atoms with Crippen LogP contribution in [0.1, 0.15) is 43.4 Å². The molecular formula is C43H37N. The molecule has 1 nitrogen and oxygen atoms in total. The van der Waals surface area contributed by atoms with Crippen molar-refractivity contribution >= 4 is 27.7 Å². The highest BCUT2D eigenvalue weighted by Gasteiger charge is 2.36. The van der Waals surface area contributed by atoms with Crippen molar-refractivity contribution in [3.63, 3.8) is 0 Å². The highest BCUT2D eigenvalue weighted by atomic mass is 15.1. The van der Waals surface area contributed by atoms with Crippen LogP contribution < -0.4 is 4.90 Å². The summed E-state index contributed by atoms with van der Waals surface area (Å²) in [6.45, 7) is 10.3. The zero-order valence-corrected chi connectivity index (χ0v) is 25.6. The van der Waals surface area contributed by atoms with E-state index in [0.717, 1.165) is 25.8 Å². The first kappa shape index (κ1) is 26.7. The van der Waals surface area contributed by atoms with Crippen LogP contribution in [0.2, 0.25) is 0 Å². The van der Waals surface area contributed by atoms with Gasteiger partial charge in [-0.1, -0.05) is 124 Å². The summed E-state index contributed by atoms with van der Waals surface area (Å²) in [5, 5.41) is 2.63. The van der Waals surface area contributed by atoms with Crippen LogP contribution in [0.25, 0.3) is 49.7 Å². The van der Waals surface area contributed by atoms with Gasteiger partial charge in [0, 0.05) is 23.5 Å². The van der Waals surface area contributed by atoms with Crippen molar-refractivity contribution in [3.8, 4) is 33.4 Å². The van der Waals surface area contributed by atoms with Crippen LogP contribution in [0.3, 0.4) is 0 Å². The number of para-hydroxylation sites is 1. The van der Waals surface area contributed by atoms with E-state index in [2.05, 4.69) is 146 Å². The number of rotatable bonds is 4. The Hall–Kier alpha value is -4.88. The first-order valence-electron chi connectivity index (χ1n) is 16.0. The van der Waals surface area contributed by atoms with Crippen molar-refractivity contribution in [3.05, 3.63) is 151 Å². The van der Waals surface area contributed by atoms with E-state index in [0.29, 0.717) is 0 Å². The maximum atomic E-state index is 4.77. The zero-order chi connectivity index (χ0) is 29.8. The van der Waals surface area contributed by atoms with Gasteiger partial charge in [0.05, 0.1) is 0 Å². The molecule has 2 aliphatic rings. The monoisotopic (exact) mass is 567 g/mol. The number of hydrogen-bond donors (Lipinski definition) is 0. The van der Waals surface area contributed by atoms with Gasteiger partial charge in [-0.05, 0) is 110 Å². The van der Waals surface area contributed by atoms with E-state index >= 15 is 0 Å². The predicted molar refractivity (Wildman–Crippen MR) is 188 cm³/mol. The molecule has 8 rings (SSSR count). The lowest BCUT2D eigenvalue weighted by molar-refractivity contribution is 0.370. The van der Waals surface area contributed by atoms with Crippen LogP contribution in [0.15, 0.2) is 134 Å². The molecule has 0 spiro atoms. The van der Waals surface area contributed by atoms with E-state index in [1.165, 1.54) is 77.8 Å². The molecule has 0 amide bonds. The van der Waals surface area contributed by atoms with E-state index < -0.39 is 0 Å². The first-order chi connectivity index (χ1) is 21.6. The summed E-state index contributed by atoms with van der Waals surface area (Å²) in [6.07, 6.45) is 3.20. The molecule has 1 aliphatic carbocycles. The molecule has 44 heavy (non-hydrogen) atoms. The third kappa shape index (κ3) is 4.07. The molecular weight excluding hydrogens is 530 g/mol. The number of benzene rings is 6. The Kier molecular flexibility index (Phi) is 6.31. The maximum absolute atomic E-state index is 4.77. The van der Waals surface area contributed by atoms with Crippen LogP contribution in [-0.2, 0) is 13.0 Å². The SMILES string of the molecule is C=C1c2ccc(-c3ccc(N4Cc5ccccc5-c5ccccc54)cc3)cc2-c2c(ccc3ccccc23)CC1(CC)CC.